The zero-order valence-corrected chi connectivity index (χ0v) is 18.0. The summed E-state index contributed by atoms with van der Waals surface area (Å²) in [4.78, 5) is 18.7. The first kappa shape index (κ1) is 22.8. The van der Waals surface area contributed by atoms with Crippen LogP contribution >= 0.6 is 0 Å². The normalized spacial score (nSPS) is 14.8. The van der Waals surface area contributed by atoms with Gasteiger partial charge in [0.05, 0.1) is 12.3 Å². The molecule has 1 fully saturated rings. The van der Waals surface area contributed by atoms with Gasteiger partial charge in [0.25, 0.3) is 5.91 Å². The standard InChI is InChI=1S/C23H23F3N4O3/c1-14-3-4-20-15(9-14)17(12-33-20)21(27)16-11-28-19(10-18(16)29-13-23(24,25)26)22(31)30-5-2-7-32-8-6-30/h3-4,9-12,27H,2,5-8,13H2,1H3,(H,28,29). The van der Waals surface area contributed by atoms with Crippen LogP contribution in [0.3, 0.4) is 0 Å². The lowest BCUT2D eigenvalue weighted by molar-refractivity contribution is -0.115. The number of fused-ring (bicyclic) bond motifs is 1. The van der Waals surface area contributed by atoms with Crippen molar-refractivity contribution in [3.63, 3.8) is 0 Å². The number of nitrogens with zero attached hydrogens (tertiary/aromatic N) is 2. The Balaban J connectivity index is 1.70. The number of aryl methyl sites for hydroxylation is 1. The number of amides is 1. The minimum atomic E-state index is -4.48. The Kier molecular flexibility index (Phi) is 6.37. The highest BCUT2D eigenvalue weighted by atomic mass is 19.4. The van der Waals surface area contributed by atoms with E-state index >= 15 is 0 Å². The molecule has 1 aromatic carbocycles. The van der Waals surface area contributed by atoms with Crippen molar-refractivity contribution in [1.82, 2.24) is 9.88 Å². The number of anilines is 1. The van der Waals surface area contributed by atoms with E-state index in [4.69, 9.17) is 14.6 Å². The monoisotopic (exact) mass is 460 g/mol. The lowest BCUT2D eigenvalue weighted by atomic mass is 10.00. The van der Waals surface area contributed by atoms with Gasteiger partial charge >= 0.3 is 6.18 Å². The summed E-state index contributed by atoms with van der Waals surface area (Å²) in [6.07, 6.45) is -1.15. The third kappa shape index (κ3) is 5.16. The molecule has 33 heavy (non-hydrogen) atoms. The van der Waals surface area contributed by atoms with Crippen LogP contribution in [0.5, 0.6) is 0 Å². The van der Waals surface area contributed by atoms with Gasteiger partial charge in [0.1, 0.15) is 24.1 Å². The highest BCUT2D eigenvalue weighted by molar-refractivity contribution is 6.19. The van der Waals surface area contributed by atoms with Gasteiger partial charge in [-0.15, -0.1) is 0 Å². The van der Waals surface area contributed by atoms with E-state index in [-0.39, 0.29) is 22.7 Å². The predicted octanol–water partition coefficient (Wildman–Crippen LogP) is 4.39. The van der Waals surface area contributed by atoms with E-state index in [0.717, 1.165) is 5.56 Å². The van der Waals surface area contributed by atoms with Gasteiger partial charge < -0.3 is 19.4 Å². The van der Waals surface area contributed by atoms with Crippen molar-refractivity contribution in [3.8, 4) is 0 Å². The van der Waals surface area contributed by atoms with Crippen LogP contribution in [-0.4, -0.2) is 60.5 Å². The van der Waals surface area contributed by atoms with Crippen LogP contribution in [-0.2, 0) is 4.74 Å². The Labute approximate surface area is 188 Å². The van der Waals surface area contributed by atoms with E-state index in [0.29, 0.717) is 49.3 Å². The Morgan fingerprint density at radius 1 is 1.21 bits per heavy atom. The van der Waals surface area contributed by atoms with E-state index < -0.39 is 18.6 Å². The second-order valence-corrected chi connectivity index (χ2v) is 7.87. The molecule has 0 atom stereocenters. The Hall–Kier alpha value is -3.40. The largest absolute Gasteiger partial charge is 0.464 e. The summed E-state index contributed by atoms with van der Waals surface area (Å²) in [5.74, 6) is -0.391. The molecule has 2 N–H and O–H groups in total. The molecule has 3 aromatic rings. The first-order valence-corrected chi connectivity index (χ1v) is 10.5. The van der Waals surface area contributed by atoms with E-state index in [1.807, 2.05) is 19.1 Å². The summed E-state index contributed by atoms with van der Waals surface area (Å²) in [6.45, 7) is 2.37. The van der Waals surface area contributed by atoms with Gasteiger partial charge in [-0.1, -0.05) is 11.6 Å². The zero-order valence-electron chi connectivity index (χ0n) is 18.0. The number of benzene rings is 1. The second kappa shape index (κ2) is 9.22. The molecule has 10 heteroatoms. The fourth-order valence-electron chi connectivity index (χ4n) is 3.71. The summed E-state index contributed by atoms with van der Waals surface area (Å²) in [5, 5.41) is 11.7. The third-order valence-corrected chi connectivity index (χ3v) is 5.38. The first-order chi connectivity index (χ1) is 15.7. The van der Waals surface area contributed by atoms with Crippen LogP contribution in [0.15, 0.2) is 41.1 Å². The molecular formula is C23H23F3N4O3. The molecule has 3 heterocycles. The number of alkyl halides is 3. The quantitative estimate of drug-likeness (QED) is 0.551. The molecule has 1 aliphatic heterocycles. The molecule has 0 spiro atoms. The zero-order chi connectivity index (χ0) is 23.6. The highest BCUT2D eigenvalue weighted by Gasteiger charge is 2.28. The number of halogens is 3. The smallest absolute Gasteiger partial charge is 0.405 e. The number of ether oxygens (including phenoxy) is 1. The molecule has 2 aromatic heterocycles. The number of hydrogen-bond acceptors (Lipinski definition) is 6. The fourth-order valence-corrected chi connectivity index (χ4v) is 3.71. The topological polar surface area (TPSA) is 91.5 Å². The summed E-state index contributed by atoms with van der Waals surface area (Å²) in [5.41, 5.74) is 2.03. The molecule has 0 saturated carbocycles. The first-order valence-electron chi connectivity index (χ1n) is 10.5. The van der Waals surface area contributed by atoms with Crippen molar-refractivity contribution >= 4 is 28.3 Å². The molecule has 0 aliphatic carbocycles. The van der Waals surface area contributed by atoms with Crippen molar-refractivity contribution < 1.29 is 27.1 Å². The van der Waals surface area contributed by atoms with Gasteiger partial charge in [0, 0.05) is 48.1 Å². The minimum absolute atomic E-state index is 0.00347. The van der Waals surface area contributed by atoms with Crippen LogP contribution < -0.4 is 5.32 Å². The van der Waals surface area contributed by atoms with E-state index in [1.54, 1.807) is 11.0 Å². The number of furan rings is 1. The fraction of sp³-hybridized carbons (Fsp3) is 0.348. The molecule has 1 aliphatic rings. The maximum Gasteiger partial charge on any atom is 0.405 e. The molecule has 0 bridgehead atoms. The summed E-state index contributed by atoms with van der Waals surface area (Å²) in [7, 11) is 0. The van der Waals surface area contributed by atoms with Gasteiger partial charge in [-0.3, -0.25) is 15.2 Å². The van der Waals surface area contributed by atoms with Crippen molar-refractivity contribution in [2.75, 3.05) is 38.2 Å². The summed E-state index contributed by atoms with van der Waals surface area (Å²) < 4.78 is 49.8. The number of hydrogen-bond donors (Lipinski definition) is 2. The second-order valence-electron chi connectivity index (χ2n) is 7.87. The lowest BCUT2D eigenvalue weighted by Gasteiger charge is -2.20. The van der Waals surface area contributed by atoms with Crippen LogP contribution in [0.2, 0.25) is 0 Å². The number of aromatic nitrogens is 1. The van der Waals surface area contributed by atoms with E-state index in [9.17, 15) is 18.0 Å². The van der Waals surface area contributed by atoms with Gasteiger partial charge in [0.2, 0.25) is 0 Å². The Bertz CT molecular complexity index is 1180. The summed E-state index contributed by atoms with van der Waals surface area (Å²) >= 11 is 0. The minimum Gasteiger partial charge on any atom is -0.464 e. The molecule has 4 rings (SSSR count). The van der Waals surface area contributed by atoms with Crippen LogP contribution in [0.1, 0.15) is 33.6 Å². The Morgan fingerprint density at radius 2 is 2.03 bits per heavy atom. The van der Waals surface area contributed by atoms with Crippen molar-refractivity contribution in [2.45, 2.75) is 19.5 Å². The summed E-state index contributed by atoms with van der Waals surface area (Å²) in [6, 6.07) is 6.76. The average Bonchev–Trinajstić information content (AvgIpc) is 3.00. The van der Waals surface area contributed by atoms with Gasteiger partial charge in [0.15, 0.2) is 0 Å². The number of carbonyl (C=O) groups excluding carboxylic acids is 1. The number of rotatable bonds is 5. The molecule has 7 nitrogen and oxygen atoms in total. The van der Waals surface area contributed by atoms with Crippen molar-refractivity contribution in [2.24, 2.45) is 0 Å². The van der Waals surface area contributed by atoms with Gasteiger partial charge in [-0.2, -0.15) is 13.2 Å². The molecule has 174 valence electrons. The number of carbonyl (C=O) groups is 1. The maximum atomic E-state index is 13.0. The van der Waals surface area contributed by atoms with Gasteiger partial charge in [-0.25, -0.2) is 0 Å². The SMILES string of the molecule is Cc1ccc2occ(C(=N)c3cnc(C(=O)N4CCCOCC4)cc3NCC(F)(F)F)c2c1. The molecular weight excluding hydrogens is 437 g/mol. The van der Waals surface area contributed by atoms with Crippen LogP contribution in [0.4, 0.5) is 18.9 Å². The van der Waals surface area contributed by atoms with Crippen LogP contribution in [0.25, 0.3) is 11.0 Å². The highest BCUT2D eigenvalue weighted by Crippen LogP contribution is 2.28. The predicted molar refractivity (Wildman–Crippen MR) is 117 cm³/mol. The molecule has 1 amide bonds. The van der Waals surface area contributed by atoms with E-state index in [1.165, 1.54) is 18.5 Å². The van der Waals surface area contributed by atoms with Crippen molar-refractivity contribution in [3.05, 3.63) is 59.1 Å². The lowest BCUT2D eigenvalue weighted by Crippen LogP contribution is -2.34. The maximum absolute atomic E-state index is 13.0. The molecule has 0 radical (unpaired) electrons. The van der Waals surface area contributed by atoms with E-state index in [2.05, 4.69) is 10.3 Å². The number of pyridine rings is 1. The third-order valence-electron chi connectivity index (χ3n) is 5.38. The molecule has 1 saturated heterocycles. The number of nitrogens with one attached hydrogen (secondary N) is 2. The molecule has 0 unspecified atom stereocenters. The van der Waals surface area contributed by atoms with Crippen molar-refractivity contribution in [1.29, 1.82) is 5.41 Å². The van der Waals surface area contributed by atoms with Gasteiger partial charge in [-0.05, 0) is 31.5 Å². The van der Waals surface area contributed by atoms with Crippen LogP contribution in [0, 0.1) is 12.3 Å². The Morgan fingerprint density at radius 3 is 2.82 bits per heavy atom. The average molecular weight is 460 g/mol.